The Morgan fingerprint density at radius 3 is 2.30 bits per heavy atom. The second-order valence-corrected chi connectivity index (χ2v) is 13.4. The summed E-state index contributed by atoms with van der Waals surface area (Å²) in [6.07, 6.45) is 2.01. The second kappa shape index (κ2) is 15.9. The molecule has 3 amide bonds. The Kier molecular flexibility index (Phi) is 11.5. The fourth-order valence-corrected chi connectivity index (χ4v) is 6.68. The molecular weight excluding hydrogens is 671 g/mol. The SMILES string of the molecule is CCC(Sc1cccc(NC(=O)/C(=C\c2c(Cl)cccc2Cl)NC(=O)c2ccccc2)c1)C(=O)Nc1nc(-c2ccc(C)cc2)cs1. The van der Waals surface area contributed by atoms with Crippen molar-refractivity contribution in [2.24, 2.45) is 0 Å². The zero-order chi connectivity index (χ0) is 33.3. The molecule has 0 fully saturated rings. The maximum atomic E-state index is 13.6. The molecular formula is C36H30Cl2N4O3S2. The lowest BCUT2D eigenvalue weighted by atomic mass is 10.1. The highest BCUT2D eigenvalue weighted by molar-refractivity contribution is 8.00. The van der Waals surface area contributed by atoms with E-state index in [2.05, 4.69) is 20.9 Å². The van der Waals surface area contributed by atoms with Crippen molar-refractivity contribution in [1.82, 2.24) is 10.3 Å². The van der Waals surface area contributed by atoms with E-state index in [0.29, 0.717) is 38.4 Å². The van der Waals surface area contributed by atoms with Crippen LogP contribution in [0.1, 0.15) is 34.8 Å². The quantitative estimate of drug-likeness (QED) is 0.0942. The van der Waals surface area contributed by atoms with Crippen molar-refractivity contribution < 1.29 is 14.4 Å². The number of amides is 3. The molecule has 47 heavy (non-hydrogen) atoms. The zero-order valence-corrected chi connectivity index (χ0v) is 28.6. The maximum absolute atomic E-state index is 13.6. The summed E-state index contributed by atoms with van der Waals surface area (Å²) in [6, 6.07) is 28.8. The van der Waals surface area contributed by atoms with Crippen LogP contribution in [0.25, 0.3) is 17.3 Å². The van der Waals surface area contributed by atoms with Gasteiger partial charge >= 0.3 is 0 Å². The van der Waals surface area contributed by atoms with Gasteiger partial charge in [0.15, 0.2) is 5.13 Å². The van der Waals surface area contributed by atoms with E-state index in [1.54, 1.807) is 66.7 Å². The molecule has 0 aliphatic heterocycles. The van der Waals surface area contributed by atoms with Crippen molar-refractivity contribution in [1.29, 1.82) is 0 Å². The molecule has 0 bridgehead atoms. The van der Waals surface area contributed by atoms with Gasteiger partial charge in [-0.25, -0.2) is 4.98 Å². The molecule has 0 saturated heterocycles. The van der Waals surface area contributed by atoms with Crippen molar-refractivity contribution in [3.05, 3.63) is 135 Å². The van der Waals surface area contributed by atoms with Crippen LogP contribution in [-0.4, -0.2) is 28.0 Å². The largest absolute Gasteiger partial charge is 0.321 e. The average molecular weight is 702 g/mol. The summed E-state index contributed by atoms with van der Waals surface area (Å²) >= 11 is 15.5. The Morgan fingerprint density at radius 2 is 1.60 bits per heavy atom. The summed E-state index contributed by atoms with van der Waals surface area (Å²) in [4.78, 5) is 45.2. The minimum absolute atomic E-state index is 0.0498. The lowest BCUT2D eigenvalue weighted by Gasteiger charge is -2.15. The van der Waals surface area contributed by atoms with Gasteiger partial charge < -0.3 is 16.0 Å². The van der Waals surface area contributed by atoms with Gasteiger partial charge in [0.05, 0.1) is 10.9 Å². The maximum Gasteiger partial charge on any atom is 0.272 e. The minimum Gasteiger partial charge on any atom is -0.321 e. The van der Waals surface area contributed by atoms with E-state index in [4.69, 9.17) is 23.2 Å². The van der Waals surface area contributed by atoms with Crippen molar-refractivity contribution in [3.63, 3.8) is 0 Å². The van der Waals surface area contributed by atoms with Gasteiger partial charge in [-0.05, 0) is 61.9 Å². The summed E-state index contributed by atoms with van der Waals surface area (Å²) in [5.74, 6) is -1.21. The van der Waals surface area contributed by atoms with E-state index in [1.165, 1.54) is 29.2 Å². The van der Waals surface area contributed by atoms with Crippen molar-refractivity contribution in [3.8, 4) is 11.3 Å². The highest BCUT2D eigenvalue weighted by atomic mass is 35.5. The molecule has 238 valence electrons. The number of halogens is 2. The molecule has 1 aromatic heterocycles. The van der Waals surface area contributed by atoms with Gasteiger partial charge in [-0.1, -0.05) is 90.3 Å². The molecule has 1 heterocycles. The van der Waals surface area contributed by atoms with E-state index < -0.39 is 17.1 Å². The minimum atomic E-state index is -0.578. The molecule has 4 aromatic carbocycles. The average Bonchev–Trinajstić information content (AvgIpc) is 3.53. The van der Waals surface area contributed by atoms with Crippen LogP contribution in [0.15, 0.2) is 113 Å². The summed E-state index contributed by atoms with van der Waals surface area (Å²) in [7, 11) is 0. The normalized spacial score (nSPS) is 11.9. The number of thiazole rings is 1. The summed E-state index contributed by atoms with van der Waals surface area (Å²) in [6.45, 7) is 3.97. The molecule has 3 N–H and O–H groups in total. The lowest BCUT2D eigenvalue weighted by molar-refractivity contribution is -0.116. The van der Waals surface area contributed by atoms with Crippen LogP contribution >= 0.6 is 46.3 Å². The summed E-state index contributed by atoms with van der Waals surface area (Å²) in [5.41, 5.74) is 4.15. The molecule has 5 rings (SSSR count). The van der Waals surface area contributed by atoms with Crippen LogP contribution in [0.4, 0.5) is 10.8 Å². The smallest absolute Gasteiger partial charge is 0.272 e. The Hall–Kier alpha value is -4.41. The van der Waals surface area contributed by atoms with E-state index in [9.17, 15) is 14.4 Å². The zero-order valence-electron chi connectivity index (χ0n) is 25.4. The van der Waals surface area contributed by atoms with Crippen LogP contribution in [0.2, 0.25) is 10.0 Å². The van der Waals surface area contributed by atoms with Gasteiger partial charge in [0, 0.05) is 42.7 Å². The number of nitrogens with one attached hydrogen (secondary N) is 3. The van der Waals surface area contributed by atoms with Gasteiger partial charge in [0.2, 0.25) is 5.91 Å². The Balaban J connectivity index is 1.29. The number of aryl methyl sites for hydroxylation is 1. The van der Waals surface area contributed by atoms with Gasteiger partial charge in [0.1, 0.15) is 5.70 Å². The highest BCUT2D eigenvalue weighted by Crippen LogP contribution is 2.31. The molecule has 1 atom stereocenters. The standard InChI is InChI=1S/C36H30Cl2N4O3S2/c1-3-32(35(45)42-36-41-31(21-46-36)23-17-15-22(2)16-18-23)47-26-12-7-11-25(19-26)39-34(44)30(20-27-28(37)13-8-14-29(27)38)40-33(43)24-9-5-4-6-10-24/h4-21,32H,3H2,1-2H3,(H,39,44)(H,40,43)(H,41,42,45)/b30-20+. The van der Waals surface area contributed by atoms with E-state index in [-0.39, 0.29) is 11.6 Å². The first kappa shape index (κ1) is 33.9. The second-order valence-electron chi connectivity index (χ2n) is 10.4. The third-order valence-corrected chi connectivity index (χ3v) is 9.71. The number of carbonyl (C=O) groups excluding carboxylic acids is 3. The van der Waals surface area contributed by atoms with E-state index >= 15 is 0 Å². The topological polar surface area (TPSA) is 100 Å². The molecule has 0 aliphatic carbocycles. The summed E-state index contributed by atoms with van der Waals surface area (Å²) in [5, 5.41) is 11.2. The van der Waals surface area contributed by atoms with Gasteiger partial charge in [-0.15, -0.1) is 23.1 Å². The van der Waals surface area contributed by atoms with Gasteiger partial charge in [-0.3, -0.25) is 14.4 Å². The number of aromatic nitrogens is 1. The first-order valence-corrected chi connectivity index (χ1v) is 17.1. The molecule has 0 saturated carbocycles. The fourth-order valence-electron chi connectivity index (χ4n) is 4.44. The number of thioether (sulfide) groups is 1. The number of nitrogens with zero attached hydrogens (tertiary/aromatic N) is 1. The van der Waals surface area contributed by atoms with Crippen LogP contribution in [0.5, 0.6) is 0 Å². The molecule has 1 unspecified atom stereocenters. The first-order chi connectivity index (χ1) is 22.7. The van der Waals surface area contributed by atoms with Crippen LogP contribution in [0, 0.1) is 6.92 Å². The monoisotopic (exact) mass is 700 g/mol. The predicted molar refractivity (Wildman–Crippen MR) is 194 cm³/mol. The van der Waals surface area contributed by atoms with Crippen LogP contribution in [0.3, 0.4) is 0 Å². The van der Waals surface area contributed by atoms with Crippen LogP contribution in [-0.2, 0) is 9.59 Å². The molecule has 11 heteroatoms. The number of hydrogen-bond acceptors (Lipinski definition) is 6. The Labute approximate surface area is 291 Å². The first-order valence-electron chi connectivity index (χ1n) is 14.6. The number of benzene rings is 4. The highest BCUT2D eigenvalue weighted by Gasteiger charge is 2.21. The fraction of sp³-hybridized carbons (Fsp3) is 0.111. The van der Waals surface area contributed by atoms with E-state index in [0.717, 1.165) is 21.7 Å². The third kappa shape index (κ3) is 9.11. The van der Waals surface area contributed by atoms with Gasteiger partial charge in [0.25, 0.3) is 11.8 Å². The Morgan fingerprint density at radius 1 is 0.894 bits per heavy atom. The Bertz CT molecular complexity index is 1910. The van der Waals surface area contributed by atoms with Crippen molar-refractivity contribution in [2.75, 3.05) is 10.6 Å². The molecule has 0 radical (unpaired) electrons. The van der Waals surface area contributed by atoms with Crippen molar-refractivity contribution in [2.45, 2.75) is 30.4 Å². The number of rotatable bonds is 11. The number of hydrogen-bond donors (Lipinski definition) is 3. The number of carbonyl (C=O) groups is 3. The number of anilines is 2. The van der Waals surface area contributed by atoms with Crippen molar-refractivity contribution >= 4 is 80.9 Å². The lowest BCUT2D eigenvalue weighted by Crippen LogP contribution is -2.30. The molecule has 0 aliphatic rings. The molecule has 5 aromatic rings. The third-order valence-electron chi connectivity index (χ3n) is 6.93. The molecule has 0 spiro atoms. The van der Waals surface area contributed by atoms with Gasteiger partial charge in [-0.2, -0.15) is 0 Å². The van der Waals surface area contributed by atoms with E-state index in [1.807, 2.05) is 49.6 Å². The molecule has 7 nitrogen and oxygen atoms in total. The van der Waals surface area contributed by atoms with Crippen LogP contribution < -0.4 is 16.0 Å². The summed E-state index contributed by atoms with van der Waals surface area (Å²) < 4.78 is 0. The predicted octanol–water partition coefficient (Wildman–Crippen LogP) is 9.34.